The Bertz CT molecular complexity index is 522. The fourth-order valence-corrected chi connectivity index (χ4v) is 2.97. The van der Waals surface area contributed by atoms with Crippen molar-refractivity contribution in [1.29, 1.82) is 0 Å². The lowest BCUT2D eigenvalue weighted by Gasteiger charge is -2.04. The van der Waals surface area contributed by atoms with Crippen molar-refractivity contribution in [2.75, 3.05) is 6.54 Å². The van der Waals surface area contributed by atoms with Crippen LogP contribution in [0.1, 0.15) is 101 Å². The summed E-state index contributed by atoms with van der Waals surface area (Å²) in [5, 5.41) is 12.1. The Kier molecular flexibility index (Phi) is 11.6. The summed E-state index contributed by atoms with van der Waals surface area (Å²) < 4.78 is 0. The third-order valence-corrected chi connectivity index (χ3v) is 4.50. The molecular weight excluding hydrogens is 318 g/mol. The number of aromatic hydroxyl groups is 1. The topological polar surface area (TPSA) is 98.0 Å². The molecule has 144 valence electrons. The molecule has 6 heteroatoms. The highest BCUT2D eigenvalue weighted by molar-refractivity contribution is 5.94. The van der Waals surface area contributed by atoms with Crippen LogP contribution in [0.4, 0.5) is 0 Å². The van der Waals surface area contributed by atoms with Crippen LogP contribution in [0.25, 0.3) is 0 Å². The number of unbranched alkanes of at least 4 members (excludes halogenated alkanes) is 12. The monoisotopic (exact) mass is 353 g/mol. The predicted molar refractivity (Wildman–Crippen MR) is 101 cm³/mol. The number of hydrogen-bond acceptors (Lipinski definition) is 3. The van der Waals surface area contributed by atoms with E-state index < -0.39 is 17.5 Å². The molecule has 0 saturated carbocycles. The molecule has 0 aliphatic rings. The molecule has 25 heavy (non-hydrogen) atoms. The maximum absolute atomic E-state index is 11.7. The second-order valence-electron chi connectivity index (χ2n) is 6.80. The number of H-pyrrole nitrogens is 2. The van der Waals surface area contributed by atoms with Crippen molar-refractivity contribution in [3.8, 4) is 5.88 Å². The minimum atomic E-state index is -0.580. The molecule has 1 aromatic rings. The van der Waals surface area contributed by atoms with Gasteiger partial charge in [0.1, 0.15) is 0 Å². The lowest BCUT2D eigenvalue weighted by Crippen LogP contribution is -2.25. The van der Waals surface area contributed by atoms with E-state index in [0.717, 1.165) is 12.8 Å². The van der Waals surface area contributed by atoms with Crippen LogP contribution in [0.15, 0.2) is 4.79 Å². The van der Waals surface area contributed by atoms with E-state index in [9.17, 15) is 14.7 Å². The first-order chi connectivity index (χ1) is 12.1. The molecular formula is C19H35N3O3. The van der Waals surface area contributed by atoms with E-state index in [0.29, 0.717) is 6.54 Å². The number of rotatable bonds is 15. The van der Waals surface area contributed by atoms with Gasteiger partial charge in [-0.05, 0) is 6.42 Å². The van der Waals surface area contributed by atoms with Gasteiger partial charge in [0.15, 0.2) is 5.69 Å². The van der Waals surface area contributed by atoms with Gasteiger partial charge in [0.05, 0.1) is 0 Å². The summed E-state index contributed by atoms with van der Waals surface area (Å²) in [6.45, 7) is 2.81. The van der Waals surface area contributed by atoms with Crippen LogP contribution >= 0.6 is 0 Å². The summed E-state index contributed by atoms with van der Waals surface area (Å²) in [5.74, 6) is -0.859. The van der Waals surface area contributed by atoms with E-state index in [4.69, 9.17) is 0 Å². The van der Waals surface area contributed by atoms with E-state index in [2.05, 4.69) is 22.2 Å². The molecule has 0 atom stereocenters. The first-order valence-electron chi connectivity index (χ1n) is 9.94. The summed E-state index contributed by atoms with van der Waals surface area (Å²) >= 11 is 0. The van der Waals surface area contributed by atoms with Gasteiger partial charge in [-0.3, -0.25) is 14.8 Å². The van der Waals surface area contributed by atoms with Crippen molar-refractivity contribution in [2.24, 2.45) is 0 Å². The average molecular weight is 354 g/mol. The van der Waals surface area contributed by atoms with Gasteiger partial charge in [0, 0.05) is 6.54 Å². The number of aromatic amines is 2. The molecule has 0 fully saturated rings. The maximum atomic E-state index is 11.7. The van der Waals surface area contributed by atoms with E-state index >= 15 is 0 Å². The molecule has 0 spiro atoms. The fraction of sp³-hybridized carbons (Fsp3) is 0.789. The van der Waals surface area contributed by atoms with Crippen molar-refractivity contribution in [2.45, 2.75) is 90.4 Å². The zero-order valence-electron chi connectivity index (χ0n) is 15.7. The first kappa shape index (κ1) is 21.3. The number of imidazole rings is 1. The maximum Gasteiger partial charge on any atom is 0.326 e. The van der Waals surface area contributed by atoms with Crippen molar-refractivity contribution in [1.82, 2.24) is 15.3 Å². The van der Waals surface area contributed by atoms with Gasteiger partial charge in [-0.15, -0.1) is 0 Å². The Labute approximate surface area is 150 Å². The molecule has 0 aromatic carbocycles. The minimum absolute atomic E-state index is 0.0975. The zero-order valence-corrected chi connectivity index (χ0v) is 15.7. The molecule has 1 aromatic heterocycles. The second kappa shape index (κ2) is 13.6. The Morgan fingerprint density at radius 3 is 1.76 bits per heavy atom. The molecule has 1 rings (SSSR count). The molecule has 1 heterocycles. The minimum Gasteiger partial charge on any atom is -0.493 e. The molecule has 0 aliphatic heterocycles. The molecule has 0 saturated heterocycles. The quantitative estimate of drug-likeness (QED) is 0.355. The molecule has 0 radical (unpaired) electrons. The van der Waals surface area contributed by atoms with Gasteiger partial charge in [0.25, 0.3) is 5.91 Å². The first-order valence-corrected chi connectivity index (χ1v) is 9.94. The summed E-state index contributed by atoms with van der Waals surface area (Å²) in [7, 11) is 0. The van der Waals surface area contributed by atoms with Crippen molar-refractivity contribution in [3.05, 3.63) is 16.2 Å². The number of nitrogens with one attached hydrogen (secondary N) is 3. The highest BCUT2D eigenvalue weighted by atomic mass is 16.3. The van der Waals surface area contributed by atoms with Crippen LogP contribution in [-0.4, -0.2) is 27.5 Å². The fourth-order valence-electron chi connectivity index (χ4n) is 2.97. The molecule has 4 N–H and O–H groups in total. The van der Waals surface area contributed by atoms with E-state index in [-0.39, 0.29) is 5.69 Å². The Balaban J connectivity index is 1.87. The smallest absolute Gasteiger partial charge is 0.326 e. The van der Waals surface area contributed by atoms with Crippen LogP contribution < -0.4 is 11.0 Å². The van der Waals surface area contributed by atoms with E-state index in [1.807, 2.05) is 0 Å². The highest BCUT2D eigenvalue weighted by Crippen LogP contribution is 2.12. The van der Waals surface area contributed by atoms with Crippen LogP contribution in [0, 0.1) is 0 Å². The van der Waals surface area contributed by atoms with E-state index in [1.54, 1.807) is 0 Å². The Hall–Kier alpha value is -1.72. The number of hydrogen-bond donors (Lipinski definition) is 4. The molecule has 0 unspecified atom stereocenters. The lowest BCUT2D eigenvalue weighted by molar-refractivity contribution is 0.0945. The van der Waals surface area contributed by atoms with Gasteiger partial charge in [-0.1, -0.05) is 84.0 Å². The Morgan fingerprint density at radius 2 is 1.32 bits per heavy atom. The number of amides is 1. The van der Waals surface area contributed by atoms with Gasteiger partial charge >= 0.3 is 5.69 Å². The van der Waals surface area contributed by atoms with Crippen LogP contribution in [0.3, 0.4) is 0 Å². The molecule has 6 nitrogen and oxygen atoms in total. The van der Waals surface area contributed by atoms with Crippen LogP contribution in [-0.2, 0) is 0 Å². The standard InChI is InChI=1S/C19H35N3O3/c1-2-3-4-5-6-7-8-9-10-11-12-13-14-15-20-17(23)16-18(24)22-19(25)21-16/h24H,2-15H2,1H3,(H,20,23)(H2,21,22,25). The number of carbonyl (C=O) groups excluding carboxylic acids is 1. The van der Waals surface area contributed by atoms with Crippen molar-refractivity contribution in [3.63, 3.8) is 0 Å². The van der Waals surface area contributed by atoms with Gasteiger partial charge in [0.2, 0.25) is 5.88 Å². The third-order valence-electron chi connectivity index (χ3n) is 4.50. The van der Waals surface area contributed by atoms with Crippen molar-refractivity contribution < 1.29 is 9.90 Å². The molecule has 1 amide bonds. The number of carbonyl (C=O) groups is 1. The third kappa shape index (κ3) is 9.99. The SMILES string of the molecule is CCCCCCCCCCCCCCCNC(=O)c1[nH]c(=O)[nH]c1O. The number of aromatic nitrogens is 2. The van der Waals surface area contributed by atoms with Gasteiger partial charge in [-0.2, -0.15) is 0 Å². The summed E-state index contributed by atoms with van der Waals surface area (Å²) in [6.07, 6.45) is 16.7. The Morgan fingerprint density at radius 1 is 0.840 bits per heavy atom. The summed E-state index contributed by atoms with van der Waals surface area (Å²) in [4.78, 5) is 27.1. The lowest BCUT2D eigenvalue weighted by atomic mass is 10.0. The highest BCUT2D eigenvalue weighted by Gasteiger charge is 2.13. The van der Waals surface area contributed by atoms with Gasteiger partial charge < -0.3 is 10.4 Å². The average Bonchev–Trinajstić information content (AvgIpc) is 2.93. The predicted octanol–water partition coefficient (Wildman–Crippen LogP) is 4.23. The second-order valence-corrected chi connectivity index (χ2v) is 6.80. The van der Waals surface area contributed by atoms with Crippen LogP contribution in [0.5, 0.6) is 5.88 Å². The molecule has 0 aliphatic carbocycles. The summed E-state index contributed by atoms with van der Waals surface area (Å²) in [6, 6.07) is 0. The van der Waals surface area contributed by atoms with E-state index in [1.165, 1.54) is 70.6 Å². The van der Waals surface area contributed by atoms with Crippen LogP contribution in [0.2, 0.25) is 0 Å². The van der Waals surface area contributed by atoms with Crippen molar-refractivity contribution >= 4 is 5.91 Å². The van der Waals surface area contributed by atoms with Gasteiger partial charge in [-0.25, -0.2) is 4.79 Å². The summed E-state index contributed by atoms with van der Waals surface area (Å²) in [5.41, 5.74) is -0.677. The zero-order chi connectivity index (χ0) is 18.3. The normalized spacial score (nSPS) is 10.9. The molecule has 0 bridgehead atoms. The largest absolute Gasteiger partial charge is 0.493 e.